The molecule has 0 aromatic heterocycles. The van der Waals surface area contributed by atoms with Gasteiger partial charge >= 0.3 is 28.1 Å². The predicted octanol–water partition coefficient (Wildman–Crippen LogP) is -0.488. The second kappa shape index (κ2) is 4.93. The van der Waals surface area contributed by atoms with Crippen molar-refractivity contribution in [3.63, 3.8) is 0 Å². The Morgan fingerprint density at radius 2 is 2.17 bits per heavy atom. The van der Waals surface area contributed by atoms with Crippen LogP contribution in [0.3, 0.4) is 0 Å². The van der Waals surface area contributed by atoms with Gasteiger partial charge in [-0.25, -0.2) is 5.26 Å². The van der Waals surface area contributed by atoms with E-state index in [0.717, 1.165) is 0 Å². The molecule has 0 saturated heterocycles. The van der Waals surface area contributed by atoms with E-state index in [1.165, 1.54) is 0 Å². The average molecular weight is 105 g/mol. The summed E-state index contributed by atoms with van der Waals surface area (Å²) in [4.78, 5) is 11.2. The minimum Gasteiger partial charge on any atom is -1.00 e. The van der Waals surface area contributed by atoms with Crippen LogP contribution in [0.5, 0.6) is 0 Å². The zero-order valence-electron chi connectivity index (χ0n) is 4.83. The van der Waals surface area contributed by atoms with E-state index in [2.05, 4.69) is 4.99 Å². The number of nitrogens with zero attached hydrogens (tertiary/aromatic N) is 1. The fourth-order valence-electron chi connectivity index (χ4n) is 0. The third kappa shape index (κ3) is 9.06. The third-order valence-corrected chi connectivity index (χ3v) is 0.0667. The van der Waals surface area contributed by atoms with Crippen LogP contribution in [-0.2, 0) is 4.99 Å². The maximum Gasteiger partial charge on any atom is 2.00 e. The minimum absolute atomic E-state index is 0. The Morgan fingerprint density at radius 1 is 2.00 bits per heavy atom. The summed E-state index contributed by atoms with van der Waals surface area (Å²) in [6, 6.07) is 0. The van der Waals surface area contributed by atoms with Crippen LogP contribution < -0.4 is 0 Å². The zero-order valence-corrected chi connectivity index (χ0v) is 4.24. The van der Waals surface area contributed by atoms with E-state index in [1.807, 2.05) is 0 Å². The normalized spacial score (nSPS) is 5.50. The van der Waals surface area contributed by atoms with Gasteiger partial charge in [0.2, 0.25) is 0 Å². The summed E-state index contributed by atoms with van der Waals surface area (Å²) in [7, 11) is 0. The van der Waals surface area contributed by atoms with Crippen LogP contribution in [0.15, 0.2) is 0 Å². The Hall–Kier alpha value is -0.0738. The van der Waals surface area contributed by atoms with E-state index < -0.39 is 5.09 Å². The Labute approximate surface area is 52.1 Å². The van der Waals surface area contributed by atoms with E-state index in [-0.39, 0.29) is 25.9 Å². The molecule has 6 heavy (non-hydrogen) atoms. The van der Waals surface area contributed by atoms with E-state index in [4.69, 9.17) is 15.4 Å². The van der Waals surface area contributed by atoms with E-state index in [1.54, 1.807) is 0 Å². The summed E-state index contributed by atoms with van der Waals surface area (Å²) in [5.41, 5.74) is 0. The molecule has 0 radical (unpaired) electrons. The van der Waals surface area contributed by atoms with Gasteiger partial charge in [0.1, 0.15) is 0 Å². The molecular formula is H3MgNO4. The number of rotatable bonds is 1. The Morgan fingerprint density at radius 3 is 2.17 bits per heavy atom. The van der Waals surface area contributed by atoms with Crippen molar-refractivity contribution < 1.29 is 18.2 Å². The molecule has 0 aromatic carbocycles. The summed E-state index contributed by atoms with van der Waals surface area (Å²) in [6.45, 7) is 0. The Bertz CT molecular complexity index is 49.3. The molecule has 0 spiro atoms. The molecule has 0 aliphatic rings. The molecule has 0 fully saturated rings. The van der Waals surface area contributed by atoms with Crippen molar-refractivity contribution in [1.82, 2.24) is 0 Å². The molecule has 6 heteroatoms. The summed E-state index contributed by atoms with van der Waals surface area (Å²) in [5, 5.41) is 14.3. The van der Waals surface area contributed by atoms with Crippen molar-refractivity contribution in [2.24, 2.45) is 0 Å². The SMILES string of the molecule is O=[N+]([O-])OO.[H-].[H-].[Mg+2]. The van der Waals surface area contributed by atoms with Crippen LogP contribution in [0.25, 0.3) is 0 Å². The van der Waals surface area contributed by atoms with Crippen molar-refractivity contribution in [3.8, 4) is 0 Å². The molecule has 0 heterocycles. The molecule has 1 N–H and O–H groups in total. The first-order chi connectivity index (χ1) is 2.27. The van der Waals surface area contributed by atoms with Crippen LogP contribution in [0.2, 0.25) is 0 Å². The van der Waals surface area contributed by atoms with E-state index in [0.29, 0.717) is 0 Å². The molecule has 0 aliphatic heterocycles. The number of hydrogen-bond acceptors (Lipinski definition) is 4. The molecule has 0 bridgehead atoms. The molecule has 0 aliphatic carbocycles. The van der Waals surface area contributed by atoms with Crippen LogP contribution in [0, 0.1) is 10.1 Å². The largest absolute Gasteiger partial charge is 2.00 e. The first kappa shape index (κ1) is 9.33. The first-order valence-electron chi connectivity index (χ1n) is 0.730. The van der Waals surface area contributed by atoms with Crippen LogP contribution >= 0.6 is 0 Å². The Kier molecular flexibility index (Phi) is 7.66. The molecule has 34 valence electrons. The molecular weight excluding hydrogens is 102 g/mol. The average Bonchev–Trinajstić information content (AvgIpc) is 1.38. The van der Waals surface area contributed by atoms with Crippen molar-refractivity contribution in [1.29, 1.82) is 0 Å². The molecule has 0 aromatic rings. The molecule has 0 atom stereocenters. The van der Waals surface area contributed by atoms with E-state index in [9.17, 15) is 0 Å². The minimum atomic E-state index is -1.32. The standard InChI is InChI=1S/Mg.HNO4.2H/c;2-1(3)5-4;;/h;4H;;/q+2;;2*-1. The first-order valence-corrected chi connectivity index (χ1v) is 0.730. The molecule has 0 unspecified atom stereocenters. The topological polar surface area (TPSA) is 72.6 Å². The summed E-state index contributed by atoms with van der Waals surface area (Å²) in [5.74, 6) is 0. The van der Waals surface area contributed by atoms with Gasteiger partial charge in [-0.2, -0.15) is 0 Å². The fourth-order valence-corrected chi connectivity index (χ4v) is 0. The summed E-state index contributed by atoms with van der Waals surface area (Å²) in [6.07, 6.45) is 0. The number of hydrogen-bond donors (Lipinski definition) is 1. The Balaban J connectivity index is -0.0000000267. The van der Waals surface area contributed by atoms with Crippen molar-refractivity contribution in [2.45, 2.75) is 0 Å². The molecule has 5 nitrogen and oxygen atoms in total. The van der Waals surface area contributed by atoms with Gasteiger partial charge < -0.3 is 2.85 Å². The maximum atomic E-state index is 8.70. The second-order valence-corrected chi connectivity index (χ2v) is 0.305. The monoisotopic (exact) mass is 105 g/mol. The molecule has 0 amide bonds. The van der Waals surface area contributed by atoms with Gasteiger partial charge in [-0.1, -0.05) is 0 Å². The predicted molar refractivity (Wildman–Crippen MR) is 18.7 cm³/mol. The smallest absolute Gasteiger partial charge is 1.00 e. The van der Waals surface area contributed by atoms with Crippen LogP contribution in [0.4, 0.5) is 0 Å². The van der Waals surface area contributed by atoms with Gasteiger partial charge in [0.15, 0.2) is 0 Å². The van der Waals surface area contributed by atoms with Gasteiger partial charge in [0, 0.05) is 0 Å². The van der Waals surface area contributed by atoms with Gasteiger partial charge in [-0.15, -0.1) is 15.1 Å². The molecule has 0 rings (SSSR count). The van der Waals surface area contributed by atoms with Crippen LogP contribution in [-0.4, -0.2) is 33.4 Å². The van der Waals surface area contributed by atoms with Crippen LogP contribution in [0.1, 0.15) is 2.85 Å². The van der Waals surface area contributed by atoms with Gasteiger partial charge in [-0.3, -0.25) is 0 Å². The fraction of sp³-hybridized carbons (Fsp3) is 0. The van der Waals surface area contributed by atoms with Gasteiger partial charge in [-0.05, 0) is 0 Å². The quantitative estimate of drug-likeness (QED) is 0.211. The third-order valence-electron chi connectivity index (χ3n) is 0.0667. The van der Waals surface area contributed by atoms with Crippen molar-refractivity contribution >= 4 is 23.1 Å². The summed E-state index contributed by atoms with van der Waals surface area (Å²) >= 11 is 0. The summed E-state index contributed by atoms with van der Waals surface area (Å²) < 4.78 is 0. The second-order valence-electron chi connectivity index (χ2n) is 0.305. The van der Waals surface area contributed by atoms with Crippen molar-refractivity contribution in [3.05, 3.63) is 10.1 Å². The van der Waals surface area contributed by atoms with Gasteiger partial charge in [0.05, 0.1) is 0 Å². The van der Waals surface area contributed by atoms with Gasteiger partial charge in [0.25, 0.3) is 0 Å². The van der Waals surface area contributed by atoms with E-state index >= 15 is 0 Å². The molecule has 0 saturated carbocycles. The zero-order chi connectivity index (χ0) is 4.28. The van der Waals surface area contributed by atoms with Crippen molar-refractivity contribution in [2.75, 3.05) is 0 Å². The maximum absolute atomic E-state index is 8.70.